The Morgan fingerprint density at radius 2 is 1.95 bits per heavy atom. The van der Waals surface area contributed by atoms with E-state index < -0.39 is 9.84 Å². The second-order valence-electron chi connectivity index (χ2n) is 4.85. The molecular weight excluding hydrogens is 274 g/mol. The van der Waals surface area contributed by atoms with E-state index in [1.54, 1.807) is 0 Å². The summed E-state index contributed by atoms with van der Waals surface area (Å²) in [4.78, 5) is 0. The van der Waals surface area contributed by atoms with Crippen molar-refractivity contribution < 1.29 is 13.2 Å². The summed E-state index contributed by atoms with van der Waals surface area (Å²) in [5, 5.41) is 3.41. The van der Waals surface area contributed by atoms with Crippen molar-refractivity contribution >= 4 is 9.84 Å². The lowest BCUT2D eigenvalue weighted by atomic mass is 10.0. The van der Waals surface area contributed by atoms with E-state index in [1.165, 1.54) is 6.26 Å². The van der Waals surface area contributed by atoms with E-state index in [0.717, 1.165) is 24.3 Å². The Labute approximate surface area is 122 Å². The quantitative estimate of drug-likeness (QED) is 0.761. The van der Waals surface area contributed by atoms with Crippen LogP contribution in [0.1, 0.15) is 38.3 Å². The van der Waals surface area contributed by atoms with Gasteiger partial charge in [0.25, 0.3) is 0 Å². The van der Waals surface area contributed by atoms with E-state index in [9.17, 15) is 8.42 Å². The van der Waals surface area contributed by atoms with Gasteiger partial charge in [0.1, 0.15) is 15.6 Å². The van der Waals surface area contributed by atoms with Gasteiger partial charge in [-0.2, -0.15) is 0 Å². The van der Waals surface area contributed by atoms with E-state index in [0.29, 0.717) is 13.0 Å². The van der Waals surface area contributed by atoms with Crippen LogP contribution in [0.3, 0.4) is 0 Å². The Kier molecular flexibility index (Phi) is 7.02. The monoisotopic (exact) mass is 299 g/mol. The number of para-hydroxylation sites is 1. The van der Waals surface area contributed by atoms with Crippen LogP contribution in [0, 0.1) is 0 Å². The molecule has 0 aliphatic heterocycles. The van der Waals surface area contributed by atoms with Gasteiger partial charge in [0.15, 0.2) is 0 Å². The van der Waals surface area contributed by atoms with E-state index in [2.05, 4.69) is 5.32 Å². The van der Waals surface area contributed by atoms with Crippen molar-refractivity contribution in [1.82, 2.24) is 5.32 Å². The molecule has 0 aliphatic carbocycles. The summed E-state index contributed by atoms with van der Waals surface area (Å²) in [6.07, 6.45) is 2.71. The molecule has 0 saturated carbocycles. The molecule has 1 aromatic rings. The van der Waals surface area contributed by atoms with Crippen molar-refractivity contribution in [1.29, 1.82) is 0 Å². The first-order chi connectivity index (χ1) is 9.48. The maximum Gasteiger partial charge on any atom is 0.147 e. The van der Waals surface area contributed by atoms with Crippen molar-refractivity contribution in [3.05, 3.63) is 29.8 Å². The van der Waals surface area contributed by atoms with Gasteiger partial charge >= 0.3 is 0 Å². The summed E-state index contributed by atoms with van der Waals surface area (Å²) in [5.74, 6) is 1.10. The molecular formula is C15H25NO3S. The van der Waals surface area contributed by atoms with Crippen molar-refractivity contribution in [3.8, 4) is 5.75 Å². The number of sulfone groups is 1. The molecule has 0 fully saturated rings. The summed E-state index contributed by atoms with van der Waals surface area (Å²) in [6, 6.07) is 8.06. The van der Waals surface area contributed by atoms with Crippen LogP contribution in [0.2, 0.25) is 0 Å². The largest absolute Gasteiger partial charge is 0.494 e. The lowest BCUT2D eigenvalue weighted by molar-refractivity contribution is 0.330. The third-order valence-electron chi connectivity index (χ3n) is 3.05. The molecule has 0 radical (unpaired) electrons. The number of hydrogen-bond donors (Lipinski definition) is 1. The number of benzene rings is 1. The summed E-state index contributed by atoms with van der Waals surface area (Å²) >= 11 is 0. The average molecular weight is 299 g/mol. The first kappa shape index (κ1) is 17.0. The molecule has 5 heteroatoms. The summed E-state index contributed by atoms with van der Waals surface area (Å²) in [5.41, 5.74) is 1.10. The van der Waals surface area contributed by atoms with E-state index >= 15 is 0 Å². The van der Waals surface area contributed by atoms with Gasteiger partial charge in [-0.1, -0.05) is 25.1 Å². The molecule has 1 atom stereocenters. The standard InChI is InChI=1S/C15H25NO3S/c1-4-16-14(10-8-12-20(3,17)18)13-9-6-7-11-15(13)19-5-2/h6-7,9,11,14,16H,4-5,8,10,12H2,1-3H3. The lowest BCUT2D eigenvalue weighted by Crippen LogP contribution is -2.22. The van der Waals surface area contributed by atoms with E-state index in [4.69, 9.17) is 4.74 Å². The maximum absolute atomic E-state index is 11.2. The highest BCUT2D eigenvalue weighted by Crippen LogP contribution is 2.28. The molecule has 0 bridgehead atoms. The molecule has 1 aromatic carbocycles. The molecule has 0 spiro atoms. The van der Waals surface area contributed by atoms with Gasteiger partial charge in [-0.15, -0.1) is 0 Å². The smallest absolute Gasteiger partial charge is 0.147 e. The zero-order valence-electron chi connectivity index (χ0n) is 12.6. The van der Waals surface area contributed by atoms with Crippen LogP contribution in [-0.4, -0.2) is 33.6 Å². The summed E-state index contributed by atoms with van der Waals surface area (Å²) < 4.78 is 28.1. The number of nitrogens with one attached hydrogen (secondary N) is 1. The van der Waals surface area contributed by atoms with Crippen molar-refractivity contribution in [2.24, 2.45) is 0 Å². The van der Waals surface area contributed by atoms with Gasteiger partial charge in [-0.3, -0.25) is 0 Å². The predicted molar refractivity (Wildman–Crippen MR) is 83.0 cm³/mol. The highest BCUT2D eigenvalue weighted by Gasteiger charge is 2.15. The fraction of sp³-hybridized carbons (Fsp3) is 0.600. The van der Waals surface area contributed by atoms with Crippen LogP contribution in [0.4, 0.5) is 0 Å². The molecule has 0 aromatic heterocycles. The van der Waals surface area contributed by atoms with Crippen molar-refractivity contribution in [2.45, 2.75) is 32.7 Å². The Morgan fingerprint density at radius 1 is 1.25 bits per heavy atom. The molecule has 0 aliphatic rings. The number of ether oxygens (including phenoxy) is 1. The summed E-state index contributed by atoms with van der Waals surface area (Å²) in [6.45, 7) is 5.47. The van der Waals surface area contributed by atoms with Crippen molar-refractivity contribution in [2.75, 3.05) is 25.2 Å². The molecule has 20 heavy (non-hydrogen) atoms. The zero-order valence-corrected chi connectivity index (χ0v) is 13.4. The predicted octanol–water partition coefficient (Wildman–Crippen LogP) is 2.56. The third-order valence-corrected chi connectivity index (χ3v) is 4.08. The van der Waals surface area contributed by atoms with Gasteiger partial charge in [-0.25, -0.2) is 8.42 Å². The molecule has 0 heterocycles. The lowest BCUT2D eigenvalue weighted by Gasteiger charge is -2.21. The Balaban J connectivity index is 2.79. The van der Waals surface area contributed by atoms with Gasteiger partial charge in [0, 0.05) is 23.6 Å². The topological polar surface area (TPSA) is 55.4 Å². The number of hydrogen-bond acceptors (Lipinski definition) is 4. The summed E-state index contributed by atoms with van der Waals surface area (Å²) in [7, 11) is -2.90. The fourth-order valence-corrected chi connectivity index (χ4v) is 2.91. The molecule has 1 N–H and O–H groups in total. The molecule has 1 unspecified atom stereocenters. The SMILES string of the molecule is CCNC(CCCS(C)(=O)=O)c1ccccc1OCC. The van der Waals surface area contributed by atoms with Crippen LogP contribution in [0.25, 0.3) is 0 Å². The second-order valence-corrected chi connectivity index (χ2v) is 7.11. The maximum atomic E-state index is 11.2. The molecule has 114 valence electrons. The highest BCUT2D eigenvalue weighted by atomic mass is 32.2. The molecule has 0 amide bonds. The Morgan fingerprint density at radius 3 is 2.55 bits per heavy atom. The van der Waals surface area contributed by atoms with Crippen LogP contribution in [0.15, 0.2) is 24.3 Å². The van der Waals surface area contributed by atoms with E-state index in [1.807, 2.05) is 38.1 Å². The minimum Gasteiger partial charge on any atom is -0.494 e. The highest BCUT2D eigenvalue weighted by molar-refractivity contribution is 7.90. The minimum atomic E-state index is -2.90. The van der Waals surface area contributed by atoms with Crippen LogP contribution < -0.4 is 10.1 Å². The zero-order chi connectivity index (χ0) is 15.0. The molecule has 4 nitrogen and oxygen atoms in total. The normalized spacial score (nSPS) is 13.2. The molecule has 0 saturated heterocycles. The van der Waals surface area contributed by atoms with Crippen LogP contribution >= 0.6 is 0 Å². The van der Waals surface area contributed by atoms with Gasteiger partial charge < -0.3 is 10.1 Å². The average Bonchev–Trinajstić information content (AvgIpc) is 2.37. The third kappa shape index (κ3) is 5.92. The van der Waals surface area contributed by atoms with Crippen LogP contribution in [0.5, 0.6) is 5.75 Å². The van der Waals surface area contributed by atoms with Gasteiger partial charge in [0.2, 0.25) is 0 Å². The Hall–Kier alpha value is -1.07. The van der Waals surface area contributed by atoms with Crippen molar-refractivity contribution in [3.63, 3.8) is 0 Å². The van der Waals surface area contributed by atoms with E-state index in [-0.39, 0.29) is 11.8 Å². The fourth-order valence-electron chi connectivity index (χ4n) is 2.22. The second kappa shape index (κ2) is 8.27. The molecule has 1 rings (SSSR count). The first-order valence-corrected chi connectivity index (χ1v) is 9.16. The first-order valence-electron chi connectivity index (χ1n) is 7.10. The number of rotatable bonds is 9. The van der Waals surface area contributed by atoms with Gasteiger partial charge in [0.05, 0.1) is 6.61 Å². The van der Waals surface area contributed by atoms with Crippen LogP contribution in [-0.2, 0) is 9.84 Å². The minimum absolute atomic E-state index is 0.129. The van der Waals surface area contributed by atoms with Gasteiger partial charge in [-0.05, 0) is 32.4 Å². The Bertz CT molecular complexity index is 500.